The molecule has 2 N–H and O–H groups in total. The zero-order valence-corrected chi connectivity index (χ0v) is 17.6. The van der Waals surface area contributed by atoms with Gasteiger partial charge in [-0.1, -0.05) is 25.2 Å². The first-order valence-electron chi connectivity index (χ1n) is 10.3. The van der Waals surface area contributed by atoms with Crippen molar-refractivity contribution in [3.8, 4) is 5.75 Å². The van der Waals surface area contributed by atoms with Gasteiger partial charge in [-0.25, -0.2) is 0 Å². The lowest BCUT2D eigenvalue weighted by atomic mass is 9.83. The van der Waals surface area contributed by atoms with Crippen molar-refractivity contribution in [2.75, 3.05) is 31.7 Å². The molecule has 1 aromatic carbocycles. The maximum absolute atomic E-state index is 13.2. The molecule has 162 valence electrons. The van der Waals surface area contributed by atoms with E-state index in [1.807, 2.05) is 0 Å². The van der Waals surface area contributed by atoms with Crippen molar-refractivity contribution in [2.24, 2.45) is 5.92 Å². The molecule has 0 saturated carbocycles. The van der Waals surface area contributed by atoms with Crippen LogP contribution < -0.4 is 9.64 Å². The van der Waals surface area contributed by atoms with Gasteiger partial charge in [0.1, 0.15) is 5.75 Å². The standard InChI is InChI=1S/C23H30N2O5/c1-4-12-25-20-11-10-18(30-3)14-19(20)23(29,22(25)28)16(2)7-5-9-21(27)24-13-6-8-17(24)15-26/h4-5,7,10-11,14,16-17,26,29H,1,6,8-9,12-13,15H2,2-3H3/b7-5+/t16-,17+,23+/m1/s1. The highest BCUT2D eigenvalue weighted by molar-refractivity contribution is 6.07. The molecule has 2 amide bonds. The average molecular weight is 415 g/mol. The first-order valence-corrected chi connectivity index (χ1v) is 10.3. The second-order valence-electron chi connectivity index (χ2n) is 7.84. The van der Waals surface area contributed by atoms with Gasteiger partial charge in [0.2, 0.25) is 5.91 Å². The second kappa shape index (κ2) is 9.02. The van der Waals surface area contributed by atoms with Gasteiger partial charge in [-0.05, 0) is 31.0 Å². The van der Waals surface area contributed by atoms with E-state index >= 15 is 0 Å². The lowest BCUT2D eigenvalue weighted by Crippen LogP contribution is -2.44. The third kappa shape index (κ3) is 3.75. The minimum absolute atomic E-state index is 0.0299. The molecule has 7 nitrogen and oxygen atoms in total. The number of aliphatic hydroxyl groups excluding tert-OH is 1. The molecule has 0 unspecified atom stereocenters. The summed E-state index contributed by atoms with van der Waals surface area (Å²) in [7, 11) is 1.53. The van der Waals surface area contributed by atoms with Crippen LogP contribution in [0.3, 0.4) is 0 Å². The smallest absolute Gasteiger partial charge is 0.264 e. The van der Waals surface area contributed by atoms with Gasteiger partial charge in [0.15, 0.2) is 5.60 Å². The molecular formula is C23H30N2O5. The molecule has 3 rings (SSSR count). The van der Waals surface area contributed by atoms with Gasteiger partial charge in [-0.2, -0.15) is 0 Å². The molecule has 0 radical (unpaired) electrons. The summed E-state index contributed by atoms with van der Waals surface area (Å²) in [5.74, 6) is -0.495. The van der Waals surface area contributed by atoms with E-state index in [-0.39, 0.29) is 31.5 Å². The summed E-state index contributed by atoms with van der Waals surface area (Å²) in [5.41, 5.74) is -0.646. The van der Waals surface area contributed by atoms with Crippen LogP contribution in [0, 0.1) is 5.92 Å². The van der Waals surface area contributed by atoms with Crippen molar-refractivity contribution in [1.82, 2.24) is 4.90 Å². The number of ether oxygens (including phenoxy) is 1. The minimum Gasteiger partial charge on any atom is -0.497 e. The summed E-state index contributed by atoms with van der Waals surface area (Å²) in [6.07, 6.45) is 6.88. The predicted octanol–water partition coefficient (Wildman–Crippen LogP) is 1.98. The maximum atomic E-state index is 13.2. The number of carbonyl (C=O) groups is 2. The summed E-state index contributed by atoms with van der Waals surface area (Å²) in [6, 6.07) is 5.08. The summed E-state index contributed by atoms with van der Waals surface area (Å²) >= 11 is 0. The zero-order valence-electron chi connectivity index (χ0n) is 17.6. The molecule has 1 aromatic rings. The number of hydrogen-bond donors (Lipinski definition) is 2. The van der Waals surface area contributed by atoms with E-state index in [2.05, 4.69) is 6.58 Å². The maximum Gasteiger partial charge on any atom is 0.264 e. The minimum atomic E-state index is -1.76. The van der Waals surface area contributed by atoms with Gasteiger partial charge in [0.05, 0.1) is 25.4 Å². The average Bonchev–Trinajstić information content (AvgIpc) is 3.31. The number of carbonyl (C=O) groups excluding carboxylic acids is 2. The molecule has 2 heterocycles. The number of anilines is 1. The predicted molar refractivity (Wildman–Crippen MR) is 114 cm³/mol. The van der Waals surface area contributed by atoms with E-state index in [9.17, 15) is 19.8 Å². The van der Waals surface area contributed by atoms with E-state index in [0.717, 1.165) is 12.8 Å². The Kier molecular flexibility index (Phi) is 6.63. The summed E-state index contributed by atoms with van der Waals surface area (Å²) in [4.78, 5) is 28.8. The third-order valence-electron chi connectivity index (χ3n) is 6.07. The number of fused-ring (bicyclic) bond motifs is 1. The molecular weight excluding hydrogens is 384 g/mol. The summed E-state index contributed by atoms with van der Waals surface area (Å²) in [6.45, 7) is 6.37. The number of hydrogen-bond acceptors (Lipinski definition) is 5. The van der Waals surface area contributed by atoms with Crippen molar-refractivity contribution in [3.63, 3.8) is 0 Å². The number of nitrogens with zero attached hydrogens (tertiary/aromatic N) is 2. The Morgan fingerprint density at radius 3 is 2.90 bits per heavy atom. The highest BCUT2D eigenvalue weighted by Crippen LogP contribution is 2.46. The van der Waals surface area contributed by atoms with Crippen LogP contribution in [-0.2, 0) is 15.2 Å². The van der Waals surface area contributed by atoms with Crippen molar-refractivity contribution >= 4 is 17.5 Å². The van der Waals surface area contributed by atoms with E-state index in [0.29, 0.717) is 23.5 Å². The van der Waals surface area contributed by atoms with Gasteiger partial charge < -0.3 is 24.7 Å². The largest absolute Gasteiger partial charge is 0.497 e. The number of amides is 2. The first kappa shape index (κ1) is 22.1. The van der Waals surface area contributed by atoms with E-state index in [1.165, 1.54) is 12.0 Å². The number of rotatable bonds is 8. The summed E-state index contributed by atoms with van der Waals surface area (Å²) in [5, 5.41) is 20.9. The molecule has 3 atom stereocenters. The van der Waals surface area contributed by atoms with Gasteiger partial charge in [-0.15, -0.1) is 6.58 Å². The Labute approximate surface area is 177 Å². The Morgan fingerprint density at radius 2 is 2.23 bits per heavy atom. The van der Waals surface area contributed by atoms with Crippen LogP contribution in [0.2, 0.25) is 0 Å². The molecule has 1 fully saturated rings. The Balaban J connectivity index is 1.81. The second-order valence-corrected chi connectivity index (χ2v) is 7.84. The number of methoxy groups -OCH3 is 1. The number of benzene rings is 1. The van der Waals surface area contributed by atoms with Crippen molar-refractivity contribution in [1.29, 1.82) is 0 Å². The van der Waals surface area contributed by atoms with Crippen LogP contribution >= 0.6 is 0 Å². The van der Waals surface area contributed by atoms with Crippen molar-refractivity contribution in [2.45, 2.75) is 37.8 Å². The van der Waals surface area contributed by atoms with Crippen LogP contribution in [-0.4, -0.2) is 59.8 Å². The van der Waals surface area contributed by atoms with E-state index in [1.54, 1.807) is 48.3 Å². The van der Waals surface area contributed by atoms with Gasteiger partial charge in [0.25, 0.3) is 5.91 Å². The SMILES string of the molecule is C=CCN1C(=O)[C@](O)([C@H](C)/C=C/CC(=O)N2CCC[C@H]2CO)c2cc(OC)ccc21. The number of aliphatic hydroxyl groups is 2. The van der Waals surface area contributed by atoms with Gasteiger partial charge >= 0.3 is 0 Å². The van der Waals surface area contributed by atoms with Crippen LogP contribution in [0.4, 0.5) is 5.69 Å². The molecule has 0 aromatic heterocycles. The highest BCUT2D eigenvalue weighted by Gasteiger charge is 2.52. The highest BCUT2D eigenvalue weighted by atomic mass is 16.5. The molecule has 30 heavy (non-hydrogen) atoms. The normalized spacial score (nSPS) is 24.4. The molecule has 1 saturated heterocycles. The fourth-order valence-corrected chi connectivity index (χ4v) is 4.35. The van der Waals surface area contributed by atoms with Crippen LogP contribution in [0.15, 0.2) is 43.0 Å². The van der Waals surface area contributed by atoms with E-state index < -0.39 is 17.4 Å². The molecule has 0 bridgehead atoms. The molecule has 2 aliphatic heterocycles. The molecule has 0 aliphatic carbocycles. The zero-order chi connectivity index (χ0) is 21.9. The van der Waals surface area contributed by atoms with E-state index in [4.69, 9.17) is 4.74 Å². The summed E-state index contributed by atoms with van der Waals surface area (Å²) < 4.78 is 5.28. The van der Waals surface area contributed by atoms with Crippen molar-refractivity contribution < 1.29 is 24.5 Å². The molecule has 7 heteroatoms. The first-order chi connectivity index (χ1) is 14.4. The fraction of sp³-hybridized carbons (Fsp3) is 0.478. The monoisotopic (exact) mass is 414 g/mol. The quantitative estimate of drug-likeness (QED) is 0.635. The topological polar surface area (TPSA) is 90.3 Å². The van der Waals surface area contributed by atoms with Gasteiger partial charge in [0, 0.05) is 31.0 Å². The third-order valence-corrected chi connectivity index (χ3v) is 6.07. The fourth-order valence-electron chi connectivity index (χ4n) is 4.35. The van der Waals surface area contributed by atoms with Gasteiger partial charge in [-0.3, -0.25) is 9.59 Å². The molecule has 2 aliphatic rings. The van der Waals surface area contributed by atoms with Crippen LogP contribution in [0.5, 0.6) is 5.75 Å². The Morgan fingerprint density at radius 1 is 1.47 bits per heavy atom. The lowest BCUT2D eigenvalue weighted by Gasteiger charge is -2.27. The Bertz CT molecular complexity index is 852. The Hall–Kier alpha value is -2.64. The number of likely N-dealkylation sites (tertiary alicyclic amines) is 1. The van der Waals surface area contributed by atoms with Crippen LogP contribution in [0.1, 0.15) is 31.7 Å². The van der Waals surface area contributed by atoms with Crippen molar-refractivity contribution in [3.05, 3.63) is 48.6 Å². The van der Waals surface area contributed by atoms with Crippen LogP contribution in [0.25, 0.3) is 0 Å². The molecule has 0 spiro atoms. The lowest BCUT2D eigenvalue weighted by molar-refractivity contribution is -0.139.